The van der Waals surface area contributed by atoms with Gasteiger partial charge in [0.2, 0.25) is 0 Å². The molecule has 0 radical (unpaired) electrons. The maximum Gasteiger partial charge on any atom is 0.164 e. The number of rotatable bonds is 5. The summed E-state index contributed by atoms with van der Waals surface area (Å²) in [6, 6.07) is 27.9. The summed E-state index contributed by atoms with van der Waals surface area (Å²) in [5.41, 5.74) is 4.58. The molecule has 0 aliphatic rings. The van der Waals surface area contributed by atoms with E-state index in [1.54, 1.807) is 72.8 Å². The quantitative estimate of drug-likeness (QED) is 0.166. The minimum Gasteiger partial charge on any atom is -0.508 e. The molecule has 4 N–H and O–H groups in total. The molecule has 0 aliphatic carbocycles. The van der Waals surface area contributed by atoms with Crippen LogP contribution in [0.1, 0.15) is 22.8 Å². The van der Waals surface area contributed by atoms with E-state index in [9.17, 15) is 20.4 Å². The van der Waals surface area contributed by atoms with Crippen molar-refractivity contribution in [2.24, 2.45) is 0 Å². The van der Waals surface area contributed by atoms with Crippen LogP contribution in [0.5, 0.6) is 23.0 Å². The van der Waals surface area contributed by atoms with Gasteiger partial charge in [0.05, 0.1) is 5.92 Å². The Hall–Kier alpha value is -3.91. The van der Waals surface area contributed by atoms with Crippen molar-refractivity contribution < 1.29 is 24.8 Å². The number of halogens is 1. The Labute approximate surface area is 215 Å². The smallest absolute Gasteiger partial charge is 0.164 e. The first-order valence-corrected chi connectivity index (χ1v) is 12.0. The topological polar surface area (TPSA) is 94.1 Å². The fourth-order valence-electron chi connectivity index (χ4n) is 4.20. The molecule has 174 valence electrons. The lowest BCUT2D eigenvalue weighted by Gasteiger charge is -2.20. The van der Waals surface area contributed by atoms with E-state index in [0.29, 0.717) is 20.7 Å². The molecule has 0 saturated carbocycles. The van der Waals surface area contributed by atoms with Gasteiger partial charge in [0, 0.05) is 11.1 Å². The molecular weight excluding hydrogens is 555 g/mol. The normalized spacial score (nSPS) is 11.1. The maximum atomic E-state index is 10.9. The van der Waals surface area contributed by atoms with Crippen molar-refractivity contribution in [3.63, 3.8) is 0 Å². The van der Waals surface area contributed by atoms with Crippen LogP contribution < -0.4 is 0 Å². The van der Waals surface area contributed by atoms with Crippen LogP contribution in [-0.4, -0.2) is 20.4 Å². The van der Waals surface area contributed by atoms with Gasteiger partial charge in [-0.1, -0.05) is 36.4 Å². The molecule has 0 spiro atoms. The standard InChI is InChI=1S/C29H21IO5/c30-28-14-13-27(35-28)29(23-15-19(5-11-25(23)33)17-1-7-21(31)8-2-17)24-16-20(6-12-26(24)34)18-3-9-22(32)10-4-18/h1-16,29,31-34H. The average molecular weight is 576 g/mol. The molecule has 4 aromatic carbocycles. The predicted octanol–water partition coefficient (Wildman–Crippen LogP) is 7.22. The molecule has 0 fully saturated rings. The highest BCUT2D eigenvalue weighted by atomic mass is 127. The Bertz CT molecular complexity index is 1390. The minimum atomic E-state index is -0.590. The third-order valence-electron chi connectivity index (χ3n) is 5.96. The van der Waals surface area contributed by atoms with Gasteiger partial charge in [0.25, 0.3) is 0 Å². The Morgan fingerprint density at radius 3 is 1.34 bits per heavy atom. The van der Waals surface area contributed by atoms with Gasteiger partial charge in [-0.15, -0.1) is 0 Å². The van der Waals surface area contributed by atoms with Crippen LogP contribution in [0, 0.1) is 3.77 Å². The van der Waals surface area contributed by atoms with Crippen molar-refractivity contribution >= 4 is 22.6 Å². The third-order valence-corrected chi connectivity index (χ3v) is 6.54. The van der Waals surface area contributed by atoms with E-state index in [-0.39, 0.29) is 23.0 Å². The van der Waals surface area contributed by atoms with Gasteiger partial charge in [-0.05, 0) is 106 Å². The van der Waals surface area contributed by atoms with Crippen molar-refractivity contribution in [1.82, 2.24) is 0 Å². The van der Waals surface area contributed by atoms with E-state index in [1.807, 2.05) is 24.3 Å². The zero-order valence-electron chi connectivity index (χ0n) is 18.4. The van der Waals surface area contributed by atoms with Crippen LogP contribution in [0.15, 0.2) is 101 Å². The minimum absolute atomic E-state index is 0.0679. The van der Waals surface area contributed by atoms with Crippen LogP contribution in [0.2, 0.25) is 0 Å². The number of phenolic OH excluding ortho intramolecular Hbond substituents is 4. The fraction of sp³-hybridized carbons (Fsp3) is 0.0345. The second kappa shape index (κ2) is 9.38. The van der Waals surface area contributed by atoms with Gasteiger partial charge in [0.15, 0.2) is 3.77 Å². The van der Waals surface area contributed by atoms with Crippen molar-refractivity contribution in [3.05, 3.63) is 118 Å². The van der Waals surface area contributed by atoms with E-state index in [2.05, 4.69) is 22.6 Å². The summed E-state index contributed by atoms with van der Waals surface area (Å²) < 4.78 is 6.67. The summed E-state index contributed by atoms with van der Waals surface area (Å²) in [7, 11) is 0. The number of benzene rings is 4. The number of hydrogen-bond acceptors (Lipinski definition) is 5. The van der Waals surface area contributed by atoms with Crippen molar-refractivity contribution in [3.8, 4) is 45.3 Å². The van der Waals surface area contributed by atoms with Gasteiger partial charge in [-0.2, -0.15) is 0 Å². The monoisotopic (exact) mass is 576 g/mol. The lowest BCUT2D eigenvalue weighted by atomic mass is 9.85. The Morgan fingerprint density at radius 1 is 0.514 bits per heavy atom. The summed E-state index contributed by atoms with van der Waals surface area (Å²) in [5, 5.41) is 41.2. The molecule has 5 nitrogen and oxygen atoms in total. The first-order chi connectivity index (χ1) is 16.9. The van der Waals surface area contributed by atoms with Gasteiger partial charge in [-0.3, -0.25) is 0 Å². The summed E-state index contributed by atoms with van der Waals surface area (Å²) in [6.45, 7) is 0. The predicted molar refractivity (Wildman–Crippen MR) is 143 cm³/mol. The van der Waals surface area contributed by atoms with Crippen molar-refractivity contribution in [1.29, 1.82) is 0 Å². The van der Waals surface area contributed by atoms with E-state index in [4.69, 9.17) is 4.42 Å². The summed E-state index contributed by atoms with van der Waals surface area (Å²) in [4.78, 5) is 0. The highest BCUT2D eigenvalue weighted by molar-refractivity contribution is 14.1. The Balaban J connectivity index is 1.69. The van der Waals surface area contributed by atoms with Gasteiger partial charge >= 0.3 is 0 Å². The molecule has 6 heteroatoms. The maximum absolute atomic E-state index is 10.9. The SMILES string of the molecule is Oc1ccc(-c2ccc(O)c(C(c3ccc(I)o3)c3cc(-c4ccc(O)cc4)ccc3O)c2)cc1. The first-order valence-electron chi connectivity index (χ1n) is 10.9. The largest absolute Gasteiger partial charge is 0.508 e. The van der Waals surface area contributed by atoms with Gasteiger partial charge in [0.1, 0.15) is 28.8 Å². The summed E-state index contributed by atoms with van der Waals surface area (Å²) in [5.74, 6) is 0.466. The molecule has 0 aliphatic heterocycles. The summed E-state index contributed by atoms with van der Waals surface area (Å²) >= 11 is 2.09. The Kier molecular flexibility index (Phi) is 6.13. The molecule has 0 unspecified atom stereocenters. The number of furan rings is 1. The van der Waals surface area contributed by atoms with Crippen molar-refractivity contribution in [2.45, 2.75) is 5.92 Å². The summed E-state index contributed by atoms with van der Waals surface area (Å²) in [6.07, 6.45) is 0. The van der Waals surface area contributed by atoms with Crippen LogP contribution in [0.4, 0.5) is 0 Å². The highest BCUT2D eigenvalue weighted by Gasteiger charge is 2.27. The van der Waals surface area contributed by atoms with E-state index < -0.39 is 5.92 Å². The molecule has 0 saturated heterocycles. The molecule has 1 aromatic heterocycles. The molecule has 0 atom stereocenters. The zero-order chi connectivity index (χ0) is 24.5. The highest BCUT2D eigenvalue weighted by Crippen LogP contribution is 2.44. The number of phenols is 4. The fourth-order valence-corrected chi connectivity index (χ4v) is 4.63. The van der Waals surface area contributed by atoms with Crippen LogP contribution >= 0.6 is 22.6 Å². The molecular formula is C29H21IO5. The molecule has 0 amide bonds. The average Bonchev–Trinajstić information content (AvgIpc) is 3.28. The van der Waals surface area contributed by atoms with Crippen LogP contribution in [0.3, 0.4) is 0 Å². The lowest BCUT2D eigenvalue weighted by molar-refractivity contribution is 0.438. The van der Waals surface area contributed by atoms with E-state index >= 15 is 0 Å². The van der Waals surface area contributed by atoms with Crippen molar-refractivity contribution in [2.75, 3.05) is 0 Å². The Morgan fingerprint density at radius 2 is 0.943 bits per heavy atom. The van der Waals surface area contributed by atoms with Crippen LogP contribution in [-0.2, 0) is 0 Å². The molecule has 5 aromatic rings. The second-order valence-electron chi connectivity index (χ2n) is 8.22. The zero-order valence-corrected chi connectivity index (χ0v) is 20.5. The third kappa shape index (κ3) is 4.70. The first kappa shape index (κ1) is 22.9. The molecule has 5 rings (SSSR count). The van der Waals surface area contributed by atoms with Gasteiger partial charge in [-0.25, -0.2) is 0 Å². The van der Waals surface area contributed by atoms with E-state index in [1.165, 1.54) is 0 Å². The molecule has 35 heavy (non-hydrogen) atoms. The number of hydrogen-bond donors (Lipinski definition) is 4. The second-order valence-corrected chi connectivity index (χ2v) is 9.28. The number of aromatic hydroxyl groups is 4. The molecule has 0 bridgehead atoms. The van der Waals surface area contributed by atoms with E-state index in [0.717, 1.165) is 22.3 Å². The molecule has 1 heterocycles. The lowest BCUT2D eigenvalue weighted by Crippen LogP contribution is -2.04. The van der Waals surface area contributed by atoms with Crippen LogP contribution in [0.25, 0.3) is 22.3 Å². The van der Waals surface area contributed by atoms with Gasteiger partial charge < -0.3 is 24.8 Å².